The van der Waals surface area contributed by atoms with Gasteiger partial charge in [-0.2, -0.15) is 0 Å². The van der Waals surface area contributed by atoms with Crippen molar-refractivity contribution in [3.8, 4) is 0 Å². The number of halogens is 1. The van der Waals surface area contributed by atoms with Crippen molar-refractivity contribution in [3.63, 3.8) is 0 Å². The highest BCUT2D eigenvalue weighted by molar-refractivity contribution is 9.10. The SMILES string of the molecule is CNCC1Cc2cc(Br)ccc2S1(=O)=O. The van der Waals surface area contributed by atoms with Gasteiger partial charge in [0.25, 0.3) is 0 Å². The van der Waals surface area contributed by atoms with Crippen LogP contribution in [0.15, 0.2) is 27.6 Å². The quantitative estimate of drug-likeness (QED) is 0.894. The molecule has 1 unspecified atom stereocenters. The Morgan fingerprint density at radius 1 is 1.53 bits per heavy atom. The lowest BCUT2D eigenvalue weighted by atomic mass is 10.1. The van der Waals surface area contributed by atoms with Crippen molar-refractivity contribution >= 4 is 25.8 Å². The van der Waals surface area contributed by atoms with Gasteiger partial charge >= 0.3 is 0 Å². The van der Waals surface area contributed by atoms with Gasteiger partial charge in [0.05, 0.1) is 10.1 Å². The van der Waals surface area contributed by atoms with Crippen molar-refractivity contribution in [2.45, 2.75) is 16.6 Å². The molecule has 1 atom stereocenters. The van der Waals surface area contributed by atoms with Gasteiger partial charge in [0.1, 0.15) is 0 Å². The van der Waals surface area contributed by atoms with Gasteiger partial charge in [0, 0.05) is 11.0 Å². The van der Waals surface area contributed by atoms with Crippen molar-refractivity contribution in [3.05, 3.63) is 28.2 Å². The third-order valence-electron chi connectivity index (χ3n) is 2.65. The molecule has 3 nitrogen and oxygen atoms in total. The van der Waals surface area contributed by atoms with Crippen LogP contribution in [-0.4, -0.2) is 27.3 Å². The molecule has 0 saturated heterocycles. The molecule has 0 saturated carbocycles. The third kappa shape index (κ3) is 1.84. The standard InChI is InChI=1S/C10H12BrNO2S/c1-12-6-9-5-7-4-8(11)2-3-10(7)15(9,13)14/h2-4,9,12H,5-6H2,1H3. The van der Waals surface area contributed by atoms with Crippen molar-refractivity contribution in [2.75, 3.05) is 13.6 Å². The van der Waals surface area contributed by atoms with Gasteiger partial charge in [-0.1, -0.05) is 15.9 Å². The van der Waals surface area contributed by atoms with E-state index in [0.717, 1.165) is 10.0 Å². The van der Waals surface area contributed by atoms with E-state index in [0.29, 0.717) is 17.9 Å². The van der Waals surface area contributed by atoms with Gasteiger partial charge < -0.3 is 5.32 Å². The van der Waals surface area contributed by atoms with Crippen LogP contribution < -0.4 is 5.32 Å². The maximum atomic E-state index is 12.0. The maximum Gasteiger partial charge on any atom is 0.183 e. The molecule has 1 aromatic carbocycles. The van der Waals surface area contributed by atoms with E-state index >= 15 is 0 Å². The summed E-state index contributed by atoms with van der Waals surface area (Å²) in [6.07, 6.45) is 0.609. The Hall–Kier alpha value is -0.390. The van der Waals surface area contributed by atoms with Gasteiger partial charge in [-0.25, -0.2) is 8.42 Å². The zero-order chi connectivity index (χ0) is 11.1. The molecule has 5 heteroatoms. The van der Waals surface area contributed by atoms with Crippen LogP contribution in [0.5, 0.6) is 0 Å². The first kappa shape index (κ1) is 11.1. The van der Waals surface area contributed by atoms with Crippen LogP contribution in [0.1, 0.15) is 5.56 Å². The summed E-state index contributed by atoms with van der Waals surface area (Å²) in [6.45, 7) is 0.509. The molecule has 0 bridgehead atoms. The minimum Gasteiger partial charge on any atom is -0.318 e. The molecule has 0 radical (unpaired) electrons. The highest BCUT2D eigenvalue weighted by Gasteiger charge is 2.36. The first-order valence-corrected chi connectivity index (χ1v) is 7.06. The number of benzene rings is 1. The fraction of sp³-hybridized carbons (Fsp3) is 0.400. The zero-order valence-corrected chi connectivity index (χ0v) is 10.7. The second-order valence-corrected chi connectivity index (χ2v) is 6.79. The van der Waals surface area contributed by atoms with E-state index in [9.17, 15) is 8.42 Å². The van der Waals surface area contributed by atoms with Gasteiger partial charge in [-0.3, -0.25) is 0 Å². The molecule has 2 rings (SSSR count). The summed E-state index contributed by atoms with van der Waals surface area (Å²) in [5.74, 6) is 0. The van der Waals surface area contributed by atoms with Crippen molar-refractivity contribution in [1.82, 2.24) is 5.32 Å². The fourth-order valence-corrected chi connectivity index (χ4v) is 4.25. The monoisotopic (exact) mass is 289 g/mol. The number of rotatable bonds is 2. The molecular formula is C10H12BrNO2S. The number of hydrogen-bond donors (Lipinski definition) is 1. The summed E-state index contributed by atoms with van der Waals surface area (Å²) >= 11 is 3.35. The number of fused-ring (bicyclic) bond motifs is 1. The number of nitrogens with one attached hydrogen (secondary N) is 1. The largest absolute Gasteiger partial charge is 0.318 e. The average Bonchev–Trinajstić information content (AvgIpc) is 2.39. The first-order valence-electron chi connectivity index (χ1n) is 4.72. The molecule has 1 heterocycles. The van der Waals surface area contributed by atoms with E-state index < -0.39 is 9.84 Å². The van der Waals surface area contributed by atoms with Crippen LogP contribution in [0.3, 0.4) is 0 Å². The normalized spacial score (nSPS) is 22.7. The molecule has 1 aliphatic heterocycles. The molecule has 0 amide bonds. The summed E-state index contributed by atoms with van der Waals surface area (Å²) < 4.78 is 25.0. The van der Waals surface area contributed by atoms with Gasteiger partial charge in [-0.05, 0) is 37.2 Å². The fourth-order valence-electron chi connectivity index (χ4n) is 1.93. The minimum absolute atomic E-state index is 0.313. The summed E-state index contributed by atoms with van der Waals surface area (Å²) in [4.78, 5) is 0.492. The van der Waals surface area contributed by atoms with Gasteiger partial charge in [-0.15, -0.1) is 0 Å². The molecule has 15 heavy (non-hydrogen) atoms. The molecule has 1 N–H and O–H groups in total. The second-order valence-electron chi connectivity index (χ2n) is 3.68. The van der Waals surface area contributed by atoms with E-state index in [-0.39, 0.29) is 5.25 Å². The molecule has 82 valence electrons. The molecule has 0 spiro atoms. The Labute approximate surface area is 97.9 Å². The smallest absolute Gasteiger partial charge is 0.183 e. The van der Waals surface area contributed by atoms with E-state index in [1.807, 2.05) is 6.07 Å². The Balaban J connectivity index is 2.48. The third-order valence-corrected chi connectivity index (χ3v) is 5.36. The highest BCUT2D eigenvalue weighted by Crippen LogP contribution is 2.32. The van der Waals surface area contributed by atoms with Crippen LogP contribution in [0.2, 0.25) is 0 Å². The Kier molecular flexibility index (Phi) is 2.87. The number of hydrogen-bond acceptors (Lipinski definition) is 3. The minimum atomic E-state index is -3.11. The lowest BCUT2D eigenvalue weighted by Crippen LogP contribution is -2.29. The van der Waals surface area contributed by atoms with Crippen LogP contribution in [0.4, 0.5) is 0 Å². The predicted molar refractivity (Wildman–Crippen MR) is 62.7 cm³/mol. The van der Waals surface area contributed by atoms with Crippen LogP contribution >= 0.6 is 15.9 Å². The molecule has 1 aliphatic rings. The van der Waals surface area contributed by atoms with Crippen molar-refractivity contribution in [1.29, 1.82) is 0 Å². The highest BCUT2D eigenvalue weighted by atomic mass is 79.9. The van der Waals surface area contributed by atoms with E-state index in [1.54, 1.807) is 19.2 Å². The lowest BCUT2D eigenvalue weighted by Gasteiger charge is -2.07. The van der Waals surface area contributed by atoms with Crippen molar-refractivity contribution in [2.24, 2.45) is 0 Å². The molecule has 0 aliphatic carbocycles. The molecule has 1 aromatic rings. The van der Waals surface area contributed by atoms with Crippen LogP contribution in [-0.2, 0) is 16.3 Å². The second kappa shape index (κ2) is 3.88. The Morgan fingerprint density at radius 2 is 2.27 bits per heavy atom. The molecular weight excluding hydrogens is 278 g/mol. The van der Waals surface area contributed by atoms with E-state index in [2.05, 4.69) is 21.2 Å². The Morgan fingerprint density at radius 3 is 2.93 bits per heavy atom. The summed E-state index contributed by atoms with van der Waals surface area (Å²) in [6, 6.07) is 5.35. The van der Waals surface area contributed by atoms with E-state index in [1.165, 1.54) is 0 Å². The van der Waals surface area contributed by atoms with Crippen molar-refractivity contribution < 1.29 is 8.42 Å². The number of sulfone groups is 1. The predicted octanol–water partition coefficient (Wildman–Crippen LogP) is 1.37. The Bertz CT molecular complexity index is 484. The zero-order valence-electron chi connectivity index (χ0n) is 8.33. The van der Waals surface area contributed by atoms with E-state index in [4.69, 9.17) is 0 Å². The van der Waals surface area contributed by atoms with Gasteiger partial charge in [0.15, 0.2) is 9.84 Å². The summed E-state index contributed by atoms with van der Waals surface area (Å²) in [5.41, 5.74) is 0.921. The summed E-state index contributed by atoms with van der Waals surface area (Å²) in [7, 11) is -1.34. The topological polar surface area (TPSA) is 46.2 Å². The summed E-state index contributed by atoms with van der Waals surface area (Å²) in [5, 5.41) is 2.61. The van der Waals surface area contributed by atoms with Crippen LogP contribution in [0, 0.1) is 0 Å². The molecule has 0 aromatic heterocycles. The lowest BCUT2D eigenvalue weighted by molar-refractivity contribution is 0.581. The van der Waals surface area contributed by atoms with Crippen LogP contribution in [0.25, 0.3) is 0 Å². The maximum absolute atomic E-state index is 12.0. The first-order chi connectivity index (χ1) is 7.05. The molecule has 0 fully saturated rings. The van der Waals surface area contributed by atoms with Gasteiger partial charge in [0.2, 0.25) is 0 Å². The average molecular weight is 290 g/mol.